The van der Waals surface area contributed by atoms with Crippen molar-refractivity contribution < 1.29 is 36.4 Å². The van der Waals surface area contributed by atoms with E-state index in [1.54, 1.807) is 0 Å². The van der Waals surface area contributed by atoms with Gasteiger partial charge in [0.1, 0.15) is 11.3 Å². The van der Waals surface area contributed by atoms with Crippen LogP contribution in [0.3, 0.4) is 0 Å². The van der Waals surface area contributed by atoms with Gasteiger partial charge in [0.15, 0.2) is 11.6 Å². The molecule has 3 heterocycles. The van der Waals surface area contributed by atoms with Crippen molar-refractivity contribution in [1.29, 1.82) is 0 Å². The van der Waals surface area contributed by atoms with Crippen molar-refractivity contribution in [2.45, 2.75) is 19.0 Å². The number of aromatic nitrogens is 1. The van der Waals surface area contributed by atoms with E-state index < -0.39 is 49.8 Å². The summed E-state index contributed by atoms with van der Waals surface area (Å²) in [5.41, 5.74) is 9.12. The number of benzene rings is 1. The first kappa shape index (κ1) is 24.8. The van der Waals surface area contributed by atoms with Crippen LogP contribution in [0.4, 0.5) is 20.2 Å². The Kier molecular flexibility index (Phi) is 6.66. The van der Waals surface area contributed by atoms with Gasteiger partial charge < -0.3 is 30.8 Å². The smallest absolute Gasteiger partial charge is 0.341 e. The highest BCUT2D eigenvalue weighted by atomic mass is 32.2. The maximum Gasteiger partial charge on any atom is 0.341 e. The van der Waals surface area contributed by atoms with Crippen molar-refractivity contribution in [2.75, 3.05) is 43.2 Å². The van der Waals surface area contributed by atoms with Gasteiger partial charge in [-0.15, -0.1) is 0 Å². The predicted molar refractivity (Wildman–Crippen MR) is 116 cm³/mol. The van der Waals surface area contributed by atoms with Gasteiger partial charge in [-0.3, -0.25) is 9.35 Å². The second kappa shape index (κ2) is 8.85. The number of aromatic carboxylic acids is 1. The highest BCUT2D eigenvalue weighted by molar-refractivity contribution is 7.85. The topological polar surface area (TPSA) is 178 Å². The molecule has 0 amide bonds. The molecule has 2 aliphatic heterocycles. The minimum Gasteiger partial charge on any atom is -0.477 e. The molecule has 2 aliphatic rings. The number of carboxylic acids is 1. The molecule has 0 bridgehead atoms. The average molecular weight is 490 g/mol. The zero-order valence-corrected chi connectivity index (χ0v) is 18.6. The van der Waals surface area contributed by atoms with Crippen LogP contribution in [0.1, 0.15) is 23.3 Å². The van der Waals surface area contributed by atoms with Gasteiger partial charge in [-0.25, -0.2) is 13.6 Å². The van der Waals surface area contributed by atoms with Gasteiger partial charge in [0.25, 0.3) is 10.1 Å². The number of ether oxygens (including phenoxy) is 1. The Bertz CT molecular complexity index is 1260. The van der Waals surface area contributed by atoms with Crippen LogP contribution >= 0.6 is 0 Å². The van der Waals surface area contributed by atoms with Gasteiger partial charge in [-0.1, -0.05) is 6.92 Å². The Morgan fingerprint density at radius 3 is 2.24 bits per heavy atom. The van der Waals surface area contributed by atoms with E-state index in [-0.39, 0.29) is 49.0 Å². The summed E-state index contributed by atoms with van der Waals surface area (Å²) in [5, 5.41) is 8.87. The van der Waals surface area contributed by atoms with Crippen LogP contribution in [0.5, 0.6) is 0 Å². The largest absolute Gasteiger partial charge is 0.477 e. The van der Waals surface area contributed by atoms with Crippen molar-refractivity contribution in [3.05, 3.63) is 33.6 Å². The number of pyridine rings is 1. The molecule has 0 radical (unpaired) electrons. The highest BCUT2D eigenvalue weighted by Crippen LogP contribution is 2.38. The Labute approximate surface area is 187 Å². The third kappa shape index (κ3) is 4.78. The third-order valence-electron chi connectivity index (χ3n) is 5.60. The fraction of sp³-hybridized carbons (Fsp3) is 0.474. The molecule has 6 N–H and O–H groups in total. The van der Waals surface area contributed by atoms with E-state index in [0.29, 0.717) is 12.8 Å². The highest BCUT2D eigenvalue weighted by Gasteiger charge is 2.35. The first-order valence-electron chi connectivity index (χ1n) is 9.81. The van der Waals surface area contributed by atoms with Gasteiger partial charge in [-0.2, -0.15) is 8.42 Å². The van der Waals surface area contributed by atoms with Gasteiger partial charge >= 0.3 is 5.97 Å². The molecular formula is C19H24F2N4O7S. The van der Waals surface area contributed by atoms with E-state index in [2.05, 4.69) is 0 Å². The first-order chi connectivity index (χ1) is 15.2. The lowest BCUT2D eigenvalue weighted by Crippen LogP contribution is -2.34. The van der Waals surface area contributed by atoms with E-state index >= 15 is 8.78 Å². The summed E-state index contributed by atoms with van der Waals surface area (Å²) in [6.07, 6.45) is 1.79. The summed E-state index contributed by atoms with van der Waals surface area (Å²) in [7, 11) is -3.67. The summed E-state index contributed by atoms with van der Waals surface area (Å²) < 4.78 is 63.0. The van der Waals surface area contributed by atoms with Crippen LogP contribution in [0.15, 0.2) is 11.0 Å². The van der Waals surface area contributed by atoms with Crippen molar-refractivity contribution in [3.8, 4) is 0 Å². The number of halogens is 2. The molecule has 0 saturated carbocycles. The quantitative estimate of drug-likeness (QED) is 0.348. The molecule has 4 rings (SSSR count). The fourth-order valence-electron chi connectivity index (χ4n) is 3.83. The monoisotopic (exact) mass is 490 g/mol. The Morgan fingerprint density at radius 1 is 1.24 bits per heavy atom. The molecule has 182 valence electrons. The molecule has 1 aromatic carbocycles. The molecule has 2 atom stereocenters. The number of hydrogen-bond acceptors (Lipinski definition) is 8. The number of carbonyl (C=O) groups is 1. The van der Waals surface area contributed by atoms with E-state index in [4.69, 9.17) is 20.8 Å². The van der Waals surface area contributed by atoms with Crippen molar-refractivity contribution >= 4 is 38.4 Å². The first-order valence-corrected chi connectivity index (χ1v) is 11.7. The van der Waals surface area contributed by atoms with Crippen LogP contribution < -0.4 is 21.8 Å². The van der Waals surface area contributed by atoms with Crippen molar-refractivity contribution in [2.24, 2.45) is 11.7 Å². The maximum atomic E-state index is 15.6. The number of rotatable bonds is 3. The number of fused-ring (bicyclic) bond motifs is 1. The van der Waals surface area contributed by atoms with Gasteiger partial charge in [0, 0.05) is 25.3 Å². The molecule has 2 aromatic rings. The summed E-state index contributed by atoms with van der Waals surface area (Å²) in [4.78, 5) is 25.6. The van der Waals surface area contributed by atoms with E-state index in [9.17, 15) is 23.1 Å². The maximum absolute atomic E-state index is 15.6. The number of nitrogens with zero attached hydrogens (tertiary/aromatic N) is 2. The molecule has 11 nitrogen and oxygen atoms in total. The van der Waals surface area contributed by atoms with Gasteiger partial charge in [-0.05, 0) is 5.92 Å². The minimum absolute atomic E-state index is 0.0207. The SMILES string of the molecule is CS(=O)(=O)O.C[C@@H]1CN(c2c(F)c(N)c3c(=O)c(C(=O)O)cn(C4COC4)c3c2F)C[C@@H]1N. The van der Waals surface area contributed by atoms with Gasteiger partial charge in [0.2, 0.25) is 5.43 Å². The number of hydrogen-bond donors (Lipinski definition) is 4. The van der Waals surface area contributed by atoms with E-state index in [1.165, 1.54) is 9.47 Å². The molecule has 1 aromatic heterocycles. The standard InChI is InChI=1S/C18H20F2N4O4.CH4O3S/c1-7-2-23(4-10(7)21)16-12(19)14(22)11-15(13(16)20)24(8-5-28-6-8)3-9(17(11)25)18(26)27;1-5(2,3)4/h3,7-8,10H,2,4-6,21-22H2,1H3,(H,26,27);1H3,(H,2,3,4)/t7-,10+;/m1./s1. The van der Waals surface area contributed by atoms with E-state index in [1.807, 2.05) is 6.92 Å². The minimum atomic E-state index is -3.67. The van der Waals surface area contributed by atoms with Crippen LogP contribution in [0, 0.1) is 17.6 Å². The van der Waals surface area contributed by atoms with E-state index in [0.717, 1.165) is 6.20 Å². The Balaban J connectivity index is 0.000000555. The van der Waals surface area contributed by atoms with Crippen LogP contribution in [-0.4, -0.2) is 67.2 Å². The molecule has 2 fully saturated rings. The average Bonchev–Trinajstić information content (AvgIpc) is 2.96. The summed E-state index contributed by atoms with van der Waals surface area (Å²) >= 11 is 0. The van der Waals surface area contributed by atoms with Crippen LogP contribution in [0.25, 0.3) is 10.9 Å². The van der Waals surface area contributed by atoms with Crippen LogP contribution in [0.2, 0.25) is 0 Å². The molecule has 0 aliphatic carbocycles. The van der Waals surface area contributed by atoms with Crippen molar-refractivity contribution in [3.63, 3.8) is 0 Å². The number of nitrogen functional groups attached to an aromatic ring is 1. The molecule has 0 spiro atoms. The lowest BCUT2D eigenvalue weighted by molar-refractivity contribution is -0.0219. The van der Waals surface area contributed by atoms with Crippen LogP contribution in [-0.2, 0) is 14.9 Å². The summed E-state index contributed by atoms with van der Waals surface area (Å²) in [5.74, 6) is -3.51. The fourth-order valence-corrected chi connectivity index (χ4v) is 3.83. The number of nitrogens with two attached hydrogens (primary N) is 2. The molecule has 33 heavy (non-hydrogen) atoms. The Hall–Kier alpha value is -2.81. The molecule has 2 saturated heterocycles. The second-order valence-corrected chi connectivity index (χ2v) is 9.63. The lowest BCUT2D eigenvalue weighted by Gasteiger charge is -2.31. The van der Waals surface area contributed by atoms with Gasteiger partial charge in [0.05, 0.1) is 42.1 Å². The molecule has 0 unspecified atom stereocenters. The number of anilines is 2. The summed E-state index contributed by atoms with van der Waals surface area (Å²) in [6, 6.07) is -0.638. The summed E-state index contributed by atoms with van der Waals surface area (Å²) in [6.45, 7) is 2.89. The zero-order valence-electron chi connectivity index (χ0n) is 17.8. The van der Waals surface area contributed by atoms with Crippen molar-refractivity contribution in [1.82, 2.24) is 4.57 Å². The number of carboxylic acid groups (broad SMARTS) is 1. The molecular weight excluding hydrogens is 466 g/mol. The zero-order chi connectivity index (χ0) is 24.8. The lowest BCUT2D eigenvalue weighted by atomic mass is 10.0. The molecule has 14 heteroatoms. The predicted octanol–water partition coefficient (Wildman–Crippen LogP) is 0.419. The second-order valence-electron chi connectivity index (χ2n) is 8.17. The normalized spacial score (nSPS) is 21.0. The third-order valence-corrected chi connectivity index (χ3v) is 5.60. The Morgan fingerprint density at radius 2 is 1.82 bits per heavy atom.